The van der Waals surface area contributed by atoms with Crippen LogP contribution in [0.25, 0.3) is 0 Å². The predicted molar refractivity (Wildman–Crippen MR) is 96.6 cm³/mol. The number of hydrogen-bond acceptors (Lipinski definition) is 5. The van der Waals surface area contributed by atoms with Crippen molar-refractivity contribution in [2.75, 3.05) is 41.8 Å². The molecule has 1 N–H and O–H groups in total. The summed E-state index contributed by atoms with van der Waals surface area (Å²) in [6.07, 6.45) is 0. The summed E-state index contributed by atoms with van der Waals surface area (Å²) in [5.74, 6) is 0.452. The maximum absolute atomic E-state index is 12.4. The zero-order valence-electron chi connectivity index (χ0n) is 13.3. The fraction of sp³-hybridized carbons (Fsp3) is 0.235. The number of rotatable bonds is 2. The van der Waals surface area contributed by atoms with E-state index in [1.54, 1.807) is 18.2 Å². The molecule has 7 heteroatoms. The van der Waals surface area contributed by atoms with E-state index in [0.717, 1.165) is 24.5 Å². The van der Waals surface area contributed by atoms with Crippen LogP contribution in [0.4, 0.5) is 17.1 Å². The smallest absolute Gasteiger partial charge is 0.286 e. The van der Waals surface area contributed by atoms with E-state index < -0.39 is 10.0 Å². The molecule has 4 rings (SSSR count). The second-order valence-corrected chi connectivity index (χ2v) is 7.54. The quantitative estimate of drug-likeness (QED) is 0.906. The van der Waals surface area contributed by atoms with Gasteiger partial charge in [-0.15, -0.1) is 4.40 Å². The van der Waals surface area contributed by atoms with Crippen LogP contribution in [0.2, 0.25) is 0 Å². The lowest BCUT2D eigenvalue weighted by Gasteiger charge is -2.37. The maximum atomic E-state index is 12.4. The Hall–Kier alpha value is -2.54. The molecule has 0 unspecified atom stereocenters. The molecule has 0 fully saturated rings. The number of nitrogens with one attached hydrogen (secondary N) is 1. The fourth-order valence-corrected chi connectivity index (χ4v) is 4.29. The molecule has 2 aliphatic heterocycles. The molecule has 0 radical (unpaired) electrons. The van der Waals surface area contributed by atoms with Gasteiger partial charge in [-0.3, -0.25) is 0 Å². The third-order valence-electron chi connectivity index (χ3n) is 4.35. The molecule has 24 heavy (non-hydrogen) atoms. The van der Waals surface area contributed by atoms with Gasteiger partial charge in [-0.25, -0.2) is 0 Å². The Morgan fingerprint density at radius 1 is 1.04 bits per heavy atom. The third-order valence-corrected chi connectivity index (χ3v) is 5.73. The largest absolute Gasteiger partial charge is 0.371 e. The molecule has 2 heterocycles. The molecule has 124 valence electrons. The van der Waals surface area contributed by atoms with Gasteiger partial charge in [0.2, 0.25) is 0 Å². The summed E-state index contributed by atoms with van der Waals surface area (Å²) in [5.41, 5.74) is 2.82. The fourth-order valence-electron chi connectivity index (χ4n) is 3.15. The topological polar surface area (TPSA) is 65.0 Å². The van der Waals surface area contributed by atoms with E-state index in [-0.39, 0.29) is 4.90 Å². The SMILES string of the molecule is CN1CCN(CC2=NS(=O)(=O)c3ccccc3N2)c2ccccc21. The number of likely N-dealkylation sites (N-methyl/N-ethyl adjacent to an activating group) is 1. The lowest BCUT2D eigenvalue weighted by molar-refractivity contribution is 0.597. The Morgan fingerprint density at radius 2 is 1.75 bits per heavy atom. The molecule has 0 saturated carbocycles. The van der Waals surface area contributed by atoms with E-state index in [0.29, 0.717) is 18.1 Å². The Morgan fingerprint density at radius 3 is 2.58 bits per heavy atom. The van der Waals surface area contributed by atoms with E-state index in [1.165, 1.54) is 0 Å². The first-order valence-corrected chi connectivity index (χ1v) is 9.24. The number of amidine groups is 1. The van der Waals surface area contributed by atoms with Crippen molar-refractivity contribution in [3.8, 4) is 0 Å². The van der Waals surface area contributed by atoms with Gasteiger partial charge in [0.05, 0.1) is 23.6 Å². The summed E-state index contributed by atoms with van der Waals surface area (Å²) in [4.78, 5) is 4.59. The van der Waals surface area contributed by atoms with E-state index in [4.69, 9.17) is 0 Å². The van der Waals surface area contributed by atoms with Gasteiger partial charge in [-0.05, 0) is 24.3 Å². The molecule has 2 aromatic carbocycles. The van der Waals surface area contributed by atoms with Crippen LogP contribution in [0.15, 0.2) is 57.8 Å². The molecular formula is C17H18N4O2S. The maximum Gasteiger partial charge on any atom is 0.286 e. The van der Waals surface area contributed by atoms with E-state index in [9.17, 15) is 8.42 Å². The van der Waals surface area contributed by atoms with Crippen LogP contribution in [-0.4, -0.2) is 40.9 Å². The summed E-state index contributed by atoms with van der Waals surface area (Å²) in [6, 6.07) is 15.0. The van der Waals surface area contributed by atoms with Crippen LogP contribution in [0.3, 0.4) is 0 Å². The molecule has 0 saturated heterocycles. The van der Waals surface area contributed by atoms with Crippen molar-refractivity contribution in [2.24, 2.45) is 4.40 Å². The molecule has 0 bridgehead atoms. The van der Waals surface area contributed by atoms with Crippen LogP contribution >= 0.6 is 0 Å². The summed E-state index contributed by atoms with van der Waals surface area (Å²) < 4.78 is 28.7. The lowest BCUT2D eigenvalue weighted by Crippen LogP contribution is -2.43. The predicted octanol–water partition coefficient (Wildman–Crippen LogP) is 2.16. The Labute approximate surface area is 141 Å². The van der Waals surface area contributed by atoms with Crippen molar-refractivity contribution in [1.29, 1.82) is 0 Å². The Balaban J connectivity index is 1.66. The van der Waals surface area contributed by atoms with E-state index in [1.807, 2.05) is 18.2 Å². The van der Waals surface area contributed by atoms with Crippen molar-refractivity contribution in [2.45, 2.75) is 4.90 Å². The number of benzene rings is 2. The number of nitrogens with zero attached hydrogens (tertiary/aromatic N) is 3. The molecular weight excluding hydrogens is 324 g/mol. The first-order chi connectivity index (χ1) is 11.5. The zero-order chi connectivity index (χ0) is 16.7. The summed E-state index contributed by atoms with van der Waals surface area (Å²) in [6.45, 7) is 2.13. The second kappa shape index (κ2) is 5.52. The van der Waals surface area contributed by atoms with E-state index in [2.05, 4.69) is 38.7 Å². The van der Waals surface area contributed by atoms with E-state index >= 15 is 0 Å². The number of sulfonamides is 1. The Kier molecular flexibility index (Phi) is 3.45. The van der Waals surface area contributed by atoms with Crippen LogP contribution in [-0.2, 0) is 10.0 Å². The van der Waals surface area contributed by atoms with Crippen LogP contribution < -0.4 is 15.1 Å². The molecule has 0 aromatic heterocycles. The Bertz CT molecular complexity index is 924. The highest BCUT2D eigenvalue weighted by molar-refractivity contribution is 7.90. The van der Waals surface area contributed by atoms with Gasteiger partial charge in [-0.1, -0.05) is 24.3 Å². The van der Waals surface area contributed by atoms with Crippen LogP contribution in [0.1, 0.15) is 0 Å². The van der Waals surface area contributed by atoms with Gasteiger partial charge in [0.1, 0.15) is 10.7 Å². The highest BCUT2D eigenvalue weighted by atomic mass is 32.2. The summed E-state index contributed by atoms with van der Waals surface area (Å²) >= 11 is 0. The molecule has 0 spiro atoms. The number of fused-ring (bicyclic) bond motifs is 2. The van der Waals surface area contributed by atoms with Gasteiger partial charge >= 0.3 is 0 Å². The van der Waals surface area contributed by atoms with Crippen molar-refractivity contribution in [1.82, 2.24) is 0 Å². The number of para-hydroxylation sites is 3. The normalized spacial score (nSPS) is 18.3. The molecule has 2 aliphatic rings. The minimum Gasteiger partial charge on any atom is -0.371 e. The van der Waals surface area contributed by atoms with Gasteiger partial charge in [0.15, 0.2) is 0 Å². The molecule has 0 amide bonds. The van der Waals surface area contributed by atoms with Crippen molar-refractivity contribution in [3.05, 3.63) is 48.5 Å². The van der Waals surface area contributed by atoms with Gasteiger partial charge < -0.3 is 15.1 Å². The first-order valence-electron chi connectivity index (χ1n) is 7.80. The summed E-state index contributed by atoms with van der Waals surface area (Å²) in [7, 11) is -1.58. The molecule has 0 aliphatic carbocycles. The molecule has 0 atom stereocenters. The first kappa shape index (κ1) is 15.0. The standard InChI is InChI=1S/C17H18N4O2S/c1-20-10-11-21(15-8-4-3-7-14(15)20)12-17-18-13-6-2-5-9-16(13)24(22,23)19-17/h2-9H,10-12H2,1H3,(H,18,19). The highest BCUT2D eigenvalue weighted by Gasteiger charge is 2.27. The highest BCUT2D eigenvalue weighted by Crippen LogP contribution is 2.32. The number of hydrogen-bond donors (Lipinski definition) is 1. The van der Waals surface area contributed by atoms with Crippen molar-refractivity contribution < 1.29 is 8.42 Å². The van der Waals surface area contributed by atoms with Crippen LogP contribution in [0, 0.1) is 0 Å². The van der Waals surface area contributed by atoms with Crippen molar-refractivity contribution >= 4 is 32.9 Å². The average Bonchev–Trinajstić information content (AvgIpc) is 2.57. The molecule has 2 aromatic rings. The third kappa shape index (κ3) is 2.50. The minimum atomic E-state index is -3.64. The van der Waals surface area contributed by atoms with Gasteiger partial charge in [-0.2, -0.15) is 8.42 Å². The minimum absolute atomic E-state index is 0.229. The van der Waals surface area contributed by atoms with Gasteiger partial charge in [0, 0.05) is 20.1 Å². The molecule has 6 nitrogen and oxygen atoms in total. The summed E-state index contributed by atoms with van der Waals surface area (Å²) in [5, 5.41) is 3.16. The monoisotopic (exact) mass is 342 g/mol. The van der Waals surface area contributed by atoms with Crippen LogP contribution in [0.5, 0.6) is 0 Å². The zero-order valence-corrected chi connectivity index (χ0v) is 14.1. The van der Waals surface area contributed by atoms with Gasteiger partial charge in [0.25, 0.3) is 10.0 Å². The lowest BCUT2D eigenvalue weighted by atomic mass is 10.1. The van der Waals surface area contributed by atoms with Crippen molar-refractivity contribution in [3.63, 3.8) is 0 Å². The second-order valence-electron chi connectivity index (χ2n) is 5.97. The average molecular weight is 342 g/mol. The number of anilines is 3.